The van der Waals surface area contributed by atoms with Crippen molar-refractivity contribution in [2.45, 2.75) is 23.4 Å². The highest BCUT2D eigenvalue weighted by Gasteiger charge is 2.08. The number of para-hydroxylation sites is 1. The van der Waals surface area contributed by atoms with E-state index in [1.54, 1.807) is 17.1 Å². The van der Waals surface area contributed by atoms with Gasteiger partial charge in [0.2, 0.25) is 0 Å². The van der Waals surface area contributed by atoms with E-state index in [1.807, 2.05) is 31.2 Å². The zero-order valence-electron chi connectivity index (χ0n) is 11.0. The second-order valence-corrected chi connectivity index (χ2v) is 6.09. The van der Waals surface area contributed by atoms with Gasteiger partial charge in [0.05, 0.1) is 18.7 Å². The van der Waals surface area contributed by atoms with Gasteiger partial charge in [-0.25, -0.2) is 4.98 Å². The first kappa shape index (κ1) is 14.9. The lowest BCUT2D eigenvalue weighted by Crippen LogP contribution is -1.99. The number of aliphatic carboxylic acids is 1. The third-order valence-corrected chi connectivity index (χ3v) is 4.61. The van der Waals surface area contributed by atoms with E-state index < -0.39 is 5.97 Å². The molecule has 1 aromatic carbocycles. The predicted octanol–water partition coefficient (Wildman–Crippen LogP) is 3.46. The highest BCUT2D eigenvalue weighted by Crippen LogP contribution is 2.30. The average molecular weight is 309 g/mol. The second kappa shape index (κ2) is 7.31. The monoisotopic (exact) mass is 309 g/mol. The summed E-state index contributed by atoms with van der Waals surface area (Å²) >= 11 is 3.07. The van der Waals surface area contributed by atoms with Crippen molar-refractivity contribution in [2.75, 3.05) is 6.61 Å². The van der Waals surface area contributed by atoms with Crippen LogP contribution in [0.15, 0.2) is 34.0 Å². The van der Waals surface area contributed by atoms with Crippen molar-refractivity contribution in [3.63, 3.8) is 0 Å². The third kappa shape index (κ3) is 4.25. The lowest BCUT2D eigenvalue weighted by Gasteiger charge is -2.08. The number of carboxylic acid groups (broad SMARTS) is 1. The van der Waals surface area contributed by atoms with E-state index in [2.05, 4.69) is 4.98 Å². The Balaban J connectivity index is 1.98. The van der Waals surface area contributed by atoms with Crippen molar-refractivity contribution >= 4 is 29.1 Å². The van der Waals surface area contributed by atoms with Gasteiger partial charge in [-0.2, -0.15) is 0 Å². The number of carbonyl (C=O) groups is 1. The van der Waals surface area contributed by atoms with Crippen LogP contribution in [0.3, 0.4) is 0 Å². The molecule has 20 heavy (non-hydrogen) atoms. The molecule has 6 heteroatoms. The molecule has 4 nitrogen and oxygen atoms in total. The Morgan fingerprint density at radius 1 is 1.45 bits per heavy atom. The SMILES string of the molecule is CCOc1ccccc1CSc1nc(CC(=O)O)cs1. The molecule has 0 bridgehead atoms. The van der Waals surface area contributed by atoms with Gasteiger partial charge < -0.3 is 9.84 Å². The lowest BCUT2D eigenvalue weighted by atomic mass is 10.2. The van der Waals surface area contributed by atoms with Crippen LogP contribution in [0.4, 0.5) is 0 Å². The van der Waals surface area contributed by atoms with Crippen molar-refractivity contribution in [3.8, 4) is 5.75 Å². The molecule has 1 aromatic heterocycles. The highest BCUT2D eigenvalue weighted by atomic mass is 32.2. The van der Waals surface area contributed by atoms with Crippen LogP contribution in [-0.2, 0) is 17.0 Å². The molecule has 0 aliphatic carbocycles. The fourth-order valence-electron chi connectivity index (χ4n) is 1.65. The molecule has 0 aliphatic heterocycles. The van der Waals surface area contributed by atoms with Gasteiger partial charge >= 0.3 is 5.97 Å². The smallest absolute Gasteiger partial charge is 0.309 e. The van der Waals surface area contributed by atoms with E-state index in [9.17, 15) is 4.79 Å². The van der Waals surface area contributed by atoms with Gasteiger partial charge in [-0.1, -0.05) is 30.0 Å². The van der Waals surface area contributed by atoms with Crippen LogP contribution in [0.2, 0.25) is 0 Å². The van der Waals surface area contributed by atoms with Gasteiger partial charge in [-0.05, 0) is 13.0 Å². The van der Waals surface area contributed by atoms with Gasteiger partial charge in [0.15, 0.2) is 0 Å². The maximum absolute atomic E-state index is 10.6. The molecular formula is C14H15NO3S2. The predicted molar refractivity (Wildman–Crippen MR) is 80.6 cm³/mol. The molecule has 106 valence electrons. The number of ether oxygens (including phenoxy) is 1. The van der Waals surface area contributed by atoms with Crippen molar-refractivity contribution in [1.82, 2.24) is 4.98 Å². The number of hydrogen-bond acceptors (Lipinski definition) is 5. The molecule has 1 heterocycles. The topological polar surface area (TPSA) is 59.4 Å². The van der Waals surface area contributed by atoms with E-state index in [4.69, 9.17) is 9.84 Å². The minimum Gasteiger partial charge on any atom is -0.494 e. The number of aromatic nitrogens is 1. The van der Waals surface area contributed by atoms with Gasteiger partial charge in [0, 0.05) is 16.7 Å². The summed E-state index contributed by atoms with van der Waals surface area (Å²) in [6.45, 7) is 2.60. The normalized spacial score (nSPS) is 10.4. The minimum absolute atomic E-state index is 0.0212. The van der Waals surface area contributed by atoms with Crippen molar-refractivity contribution in [2.24, 2.45) is 0 Å². The van der Waals surface area contributed by atoms with Crippen LogP contribution in [-0.4, -0.2) is 22.7 Å². The fraction of sp³-hybridized carbons (Fsp3) is 0.286. The van der Waals surface area contributed by atoms with Crippen LogP contribution in [0, 0.1) is 0 Å². The number of rotatable bonds is 7. The summed E-state index contributed by atoms with van der Waals surface area (Å²) in [6.07, 6.45) is -0.0212. The zero-order valence-corrected chi connectivity index (χ0v) is 12.7. The summed E-state index contributed by atoms with van der Waals surface area (Å²) in [7, 11) is 0. The third-order valence-electron chi connectivity index (χ3n) is 2.49. The Kier molecular flexibility index (Phi) is 5.43. The van der Waals surface area contributed by atoms with Crippen molar-refractivity contribution in [1.29, 1.82) is 0 Å². The molecule has 0 aliphatic rings. The van der Waals surface area contributed by atoms with Crippen LogP contribution in [0.25, 0.3) is 0 Å². The van der Waals surface area contributed by atoms with Gasteiger partial charge in [-0.15, -0.1) is 11.3 Å². The summed E-state index contributed by atoms with van der Waals surface area (Å²) in [5, 5.41) is 10.5. The number of nitrogens with zero attached hydrogens (tertiary/aromatic N) is 1. The van der Waals surface area contributed by atoms with Crippen molar-refractivity contribution < 1.29 is 14.6 Å². The molecule has 2 aromatic rings. The molecule has 2 rings (SSSR count). The molecule has 0 unspecified atom stereocenters. The highest BCUT2D eigenvalue weighted by molar-refractivity contribution is 8.00. The largest absolute Gasteiger partial charge is 0.494 e. The Bertz CT molecular complexity index is 583. The summed E-state index contributed by atoms with van der Waals surface area (Å²) in [6, 6.07) is 7.92. The Morgan fingerprint density at radius 3 is 3.00 bits per heavy atom. The number of benzene rings is 1. The average Bonchev–Trinajstić information content (AvgIpc) is 2.85. The first-order valence-electron chi connectivity index (χ1n) is 6.18. The number of hydrogen-bond donors (Lipinski definition) is 1. The van der Waals surface area contributed by atoms with Crippen LogP contribution in [0.1, 0.15) is 18.2 Å². The Hall–Kier alpha value is -1.53. The first-order chi connectivity index (χ1) is 9.69. The maximum atomic E-state index is 10.6. The molecular weight excluding hydrogens is 294 g/mol. The van der Waals surface area contributed by atoms with Gasteiger partial charge in [0.1, 0.15) is 10.1 Å². The molecule has 1 N–H and O–H groups in total. The summed E-state index contributed by atoms with van der Waals surface area (Å²) in [5.74, 6) is 0.800. The van der Waals surface area contributed by atoms with Crippen LogP contribution >= 0.6 is 23.1 Å². The lowest BCUT2D eigenvalue weighted by molar-refractivity contribution is -0.136. The quantitative estimate of drug-likeness (QED) is 0.794. The molecule has 0 amide bonds. The van der Waals surface area contributed by atoms with Crippen molar-refractivity contribution in [3.05, 3.63) is 40.9 Å². The second-order valence-electron chi connectivity index (χ2n) is 4.00. The summed E-state index contributed by atoms with van der Waals surface area (Å²) < 4.78 is 6.46. The molecule has 0 fully saturated rings. The first-order valence-corrected chi connectivity index (χ1v) is 8.05. The molecule has 0 saturated heterocycles. The summed E-state index contributed by atoms with van der Waals surface area (Å²) in [4.78, 5) is 14.9. The van der Waals surface area contributed by atoms with E-state index in [0.29, 0.717) is 12.3 Å². The van der Waals surface area contributed by atoms with E-state index in [-0.39, 0.29) is 6.42 Å². The number of carboxylic acids is 1. The molecule has 0 radical (unpaired) electrons. The van der Waals surface area contributed by atoms with E-state index in [1.165, 1.54) is 11.3 Å². The maximum Gasteiger partial charge on any atom is 0.309 e. The number of thioether (sulfide) groups is 1. The Labute approximate surface area is 125 Å². The van der Waals surface area contributed by atoms with E-state index >= 15 is 0 Å². The standard InChI is InChI=1S/C14H15NO3S2/c1-2-18-12-6-4-3-5-10(12)8-19-14-15-11(9-20-14)7-13(16)17/h3-6,9H,2,7-8H2,1H3,(H,16,17). The fourth-order valence-corrected chi connectivity index (χ4v) is 3.49. The van der Waals surface area contributed by atoms with Crippen LogP contribution in [0.5, 0.6) is 5.75 Å². The van der Waals surface area contributed by atoms with Crippen LogP contribution < -0.4 is 4.74 Å². The van der Waals surface area contributed by atoms with Gasteiger partial charge in [0.25, 0.3) is 0 Å². The number of thiazole rings is 1. The summed E-state index contributed by atoms with van der Waals surface area (Å²) in [5.41, 5.74) is 1.73. The minimum atomic E-state index is -0.853. The van der Waals surface area contributed by atoms with Gasteiger partial charge in [-0.3, -0.25) is 4.79 Å². The molecule has 0 atom stereocenters. The molecule has 0 spiro atoms. The molecule has 0 saturated carbocycles. The Morgan fingerprint density at radius 2 is 2.25 bits per heavy atom. The zero-order chi connectivity index (χ0) is 14.4. The van der Waals surface area contributed by atoms with E-state index in [0.717, 1.165) is 21.4 Å².